The van der Waals surface area contributed by atoms with Crippen molar-refractivity contribution in [1.29, 1.82) is 0 Å². The van der Waals surface area contributed by atoms with E-state index in [9.17, 15) is 0 Å². The molecule has 1 saturated heterocycles. The van der Waals surface area contributed by atoms with Gasteiger partial charge in [0.25, 0.3) is 0 Å². The highest BCUT2D eigenvalue weighted by Gasteiger charge is 2.20. The molecule has 1 atom stereocenters. The maximum Gasteiger partial charge on any atom is 0.122 e. The Morgan fingerprint density at radius 2 is 1.68 bits per heavy atom. The lowest BCUT2D eigenvalue weighted by molar-refractivity contribution is 0.0780. The first-order chi connectivity index (χ1) is 12.0. The largest absolute Gasteiger partial charge is 0.380 e. The van der Waals surface area contributed by atoms with Crippen LogP contribution in [0.1, 0.15) is 70.3 Å². The molecule has 1 heterocycles. The first-order valence-corrected chi connectivity index (χ1v) is 10.2. The first kappa shape index (κ1) is 20.5. The number of rotatable bonds is 9. The minimum Gasteiger partial charge on any atom is -0.380 e. The molecule has 1 aliphatic heterocycles. The molecule has 0 bridgehead atoms. The summed E-state index contributed by atoms with van der Waals surface area (Å²) in [5.74, 6) is 2.55. The minimum absolute atomic E-state index is 0.543. The van der Waals surface area contributed by atoms with Gasteiger partial charge in [-0.1, -0.05) is 70.3 Å². The predicted octanol–water partition coefficient (Wildman–Crippen LogP) is 5.13. The van der Waals surface area contributed by atoms with Crippen LogP contribution in [-0.2, 0) is 4.74 Å². The second-order valence-electron chi connectivity index (χ2n) is 8.48. The molecule has 0 aromatic heterocycles. The van der Waals surface area contributed by atoms with Gasteiger partial charge < -0.3 is 9.64 Å². The monoisotopic (exact) mass is 342 g/mol. The molecule has 0 saturated carbocycles. The van der Waals surface area contributed by atoms with E-state index in [1.807, 2.05) is 0 Å². The van der Waals surface area contributed by atoms with Gasteiger partial charge in [-0.15, -0.1) is 0 Å². The van der Waals surface area contributed by atoms with E-state index in [0.717, 1.165) is 25.7 Å². The Hall–Kier alpha value is -0.795. The highest BCUT2D eigenvalue weighted by molar-refractivity contribution is 6.39. The van der Waals surface area contributed by atoms with Crippen molar-refractivity contribution in [2.24, 2.45) is 5.92 Å². The van der Waals surface area contributed by atoms with Crippen LogP contribution < -0.4 is 0 Å². The number of piperidine rings is 1. The molecule has 1 fully saturated rings. The van der Waals surface area contributed by atoms with E-state index in [4.69, 9.17) is 4.74 Å². The Kier molecular flexibility index (Phi) is 8.52. The average Bonchev–Trinajstić information content (AvgIpc) is 2.59. The molecule has 1 aromatic rings. The first-order valence-electron chi connectivity index (χ1n) is 10.2. The number of hydrogen-bond donors (Lipinski definition) is 0. The van der Waals surface area contributed by atoms with Crippen LogP contribution in [-0.4, -0.2) is 45.0 Å². The van der Waals surface area contributed by atoms with Gasteiger partial charge in [0.05, 0.1) is 6.61 Å². The zero-order valence-corrected chi connectivity index (χ0v) is 17.0. The highest BCUT2D eigenvalue weighted by Crippen LogP contribution is 2.29. The molecule has 0 N–H and O–H groups in total. The normalized spacial score (nSPS) is 18.0. The number of nitrogens with zero attached hydrogens (tertiary/aromatic N) is 1. The van der Waals surface area contributed by atoms with Crippen molar-refractivity contribution >= 4 is 7.28 Å². The third kappa shape index (κ3) is 7.15. The molecule has 139 valence electrons. The summed E-state index contributed by atoms with van der Waals surface area (Å²) in [4.78, 5) is 2.56. The fraction of sp³-hybridized carbons (Fsp3) is 0.727. The molecule has 0 amide bonds. The predicted molar refractivity (Wildman–Crippen MR) is 110 cm³/mol. The zero-order chi connectivity index (χ0) is 18.2. The van der Waals surface area contributed by atoms with E-state index in [2.05, 4.69) is 71.1 Å². The molecule has 3 heteroatoms. The van der Waals surface area contributed by atoms with Gasteiger partial charge in [-0.3, -0.25) is 0 Å². The van der Waals surface area contributed by atoms with Gasteiger partial charge in [-0.2, -0.15) is 0 Å². The molecular formula is C22H37BNO. The van der Waals surface area contributed by atoms with Crippen molar-refractivity contribution in [2.45, 2.75) is 65.0 Å². The maximum atomic E-state index is 5.73. The summed E-state index contributed by atoms with van der Waals surface area (Å²) in [6, 6.07) is 9.41. The standard InChI is InChI=1S/C22H37BNO/c1-17(2)16-25-15-14-24-12-10-22(11-13-24)21-8-6-20(7-9-21)19(5)23-18(3)4/h6-9,17-19,22H,10-16H2,1-5H3. The number of likely N-dealkylation sites (tertiary alicyclic amines) is 1. The van der Waals surface area contributed by atoms with Crippen LogP contribution in [0.5, 0.6) is 0 Å². The Labute approximate surface area is 156 Å². The van der Waals surface area contributed by atoms with Crippen LogP contribution in [0.3, 0.4) is 0 Å². The van der Waals surface area contributed by atoms with Crippen molar-refractivity contribution in [3.8, 4) is 0 Å². The van der Waals surface area contributed by atoms with Crippen LogP contribution in [0.25, 0.3) is 0 Å². The van der Waals surface area contributed by atoms with Gasteiger partial charge in [0.2, 0.25) is 0 Å². The SMILES string of the molecule is CC(C)[B]C(C)c1ccc(C2CCN(CCOCC(C)C)CC2)cc1. The lowest BCUT2D eigenvalue weighted by Crippen LogP contribution is -2.35. The molecule has 0 spiro atoms. The fourth-order valence-corrected chi connectivity index (χ4v) is 3.76. The van der Waals surface area contributed by atoms with Crippen LogP contribution >= 0.6 is 0 Å². The van der Waals surface area contributed by atoms with E-state index in [-0.39, 0.29) is 0 Å². The summed E-state index contributed by atoms with van der Waals surface area (Å²) >= 11 is 0. The topological polar surface area (TPSA) is 12.5 Å². The van der Waals surface area contributed by atoms with Crippen molar-refractivity contribution in [3.63, 3.8) is 0 Å². The highest BCUT2D eigenvalue weighted by atomic mass is 16.5. The molecule has 1 aromatic carbocycles. The van der Waals surface area contributed by atoms with Crippen molar-refractivity contribution in [2.75, 3.05) is 32.8 Å². The molecule has 25 heavy (non-hydrogen) atoms. The summed E-state index contributed by atoms with van der Waals surface area (Å²) in [6.07, 6.45) is 2.55. The van der Waals surface area contributed by atoms with Gasteiger partial charge in [0, 0.05) is 13.2 Å². The fourth-order valence-electron chi connectivity index (χ4n) is 3.76. The van der Waals surface area contributed by atoms with Crippen LogP contribution in [0.4, 0.5) is 0 Å². The zero-order valence-electron chi connectivity index (χ0n) is 17.0. The smallest absolute Gasteiger partial charge is 0.122 e. The molecule has 2 rings (SSSR count). The van der Waals surface area contributed by atoms with Gasteiger partial charge >= 0.3 is 0 Å². The lowest BCUT2D eigenvalue weighted by Gasteiger charge is -2.32. The Morgan fingerprint density at radius 3 is 2.24 bits per heavy atom. The molecule has 1 unspecified atom stereocenters. The van der Waals surface area contributed by atoms with Gasteiger partial charge in [-0.05, 0) is 49.1 Å². The van der Waals surface area contributed by atoms with E-state index in [1.54, 1.807) is 0 Å². The summed E-state index contributed by atoms with van der Waals surface area (Å²) < 4.78 is 5.73. The summed E-state index contributed by atoms with van der Waals surface area (Å²) in [7, 11) is 2.43. The van der Waals surface area contributed by atoms with E-state index < -0.39 is 0 Å². The van der Waals surface area contributed by atoms with Gasteiger partial charge in [0.1, 0.15) is 7.28 Å². The second-order valence-corrected chi connectivity index (χ2v) is 8.48. The maximum absolute atomic E-state index is 5.73. The summed E-state index contributed by atoms with van der Waals surface area (Å²) in [6.45, 7) is 16.5. The van der Waals surface area contributed by atoms with Crippen molar-refractivity contribution < 1.29 is 4.74 Å². The molecule has 1 radical (unpaired) electrons. The van der Waals surface area contributed by atoms with Crippen molar-refractivity contribution in [1.82, 2.24) is 4.90 Å². The quantitative estimate of drug-likeness (QED) is 0.455. The Balaban J connectivity index is 1.75. The van der Waals surface area contributed by atoms with Gasteiger partial charge in [0.15, 0.2) is 0 Å². The molecule has 0 aliphatic carbocycles. The number of benzene rings is 1. The third-order valence-corrected chi connectivity index (χ3v) is 5.20. The summed E-state index contributed by atoms with van der Waals surface area (Å²) in [5.41, 5.74) is 2.97. The average molecular weight is 342 g/mol. The number of hydrogen-bond acceptors (Lipinski definition) is 2. The second kappa shape index (κ2) is 10.4. The van der Waals surface area contributed by atoms with Gasteiger partial charge in [-0.25, -0.2) is 0 Å². The number of ether oxygens (including phenoxy) is 1. The lowest BCUT2D eigenvalue weighted by atomic mass is 9.55. The van der Waals surface area contributed by atoms with Crippen LogP contribution in [0.2, 0.25) is 5.82 Å². The van der Waals surface area contributed by atoms with E-state index in [1.165, 1.54) is 37.1 Å². The minimum atomic E-state index is 0.543. The van der Waals surface area contributed by atoms with Crippen LogP contribution in [0.15, 0.2) is 24.3 Å². The third-order valence-electron chi connectivity index (χ3n) is 5.20. The van der Waals surface area contributed by atoms with Crippen LogP contribution in [0, 0.1) is 5.92 Å². The van der Waals surface area contributed by atoms with E-state index >= 15 is 0 Å². The molecule has 2 nitrogen and oxygen atoms in total. The summed E-state index contributed by atoms with van der Waals surface area (Å²) in [5, 5.41) is 0. The molecular weight excluding hydrogens is 305 g/mol. The molecule has 1 aliphatic rings. The Morgan fingerprint density at radius 1 is 1.04 bits per heavy atom. The Bertz CT molecular complexity index is 477. The van der Waals surface area contributed by atoms with E-state index in [0.29, 0.717) is 17.6 Å². The van der Waals surface area contributed by atoms with Crippen molar-refractivity contribution in [3.05, 3.63) is 35.4 Å².